The van der Waals surface area contributed by atoms with Gasteiger partial charge in [-0.15, -0.1) is 0 Å². The number of aryl methyl sites for hydroxylation is 2. The number of rotatable bonds is 20. The third-order valence-corrected chi connectivity index (χ3v) is 14.1. The number of benzene rings is 3. The van der Waals surface area contributed by atoms with Crippen molar-refractivity contribution < 1.29 is 54.8 Å². The number of nitrogens with two attached hydrogens (primary N) is 1. The van der Waals surface area contributed by atoms with E-state index in [1.165, 1.54) is 131 Å². The van der Waals surface area contributed by atoms with Gasteiger partial charge in [0.05, 0.1) is 24.5 Å². The molecule has 0 aliphatic heterocycles. The van der Waals surface area contributed by atoms with E-state index < -0.39 is 0 Å². The third-order valence-electron chi connectivity index (χ3n) is 14.1. The molecule has 3 saturated carbocycles. The second-order valence-electron chi connectivity index (χ2n) is 19.8. The maximum absolute atomic E-state index is 13.2. The molecule has 3 fully saturated rings. The fourth-order valence-electron chi connectivity index (χ4n) is 9.22. The molecular formula is C58H91BN4NaO5. The topological polar surface area (TPSA) is 123 Å². The maximum atomic E-state index is 13.2. The summed E-state index contributed by atoms with van der Waals surface area (Å²) in [6, 6.07) is 26.2. The number of nitrogens with zero attached hydrogens (tertiary/aromatic N) is 2. The minimum absolute atomic E-state index is 0. The van der Waals surface area contributed by atoms with Crippen LogP contribution < -0.4 is 40.6 Å². The van der Waals surface area contributed by atoms with E-state index in [2.05, 4.69) is 100 Å². The van der Waals surface area contributed by atoms with E-state index in [0.29, 0.717) is 50.2 Å². The monoisotopic (exact) mass is 958 g/mol. The Morgan fingerprint density at radius 1 is 0.768 bits per heavy atom. The number of urea groups is 1. The molecule has 2 amide bonds. The molecule has 3 aromatic rings. The SMILES string of the molecule is CCC(C)CCC1CCCC(OCC=O)C1.CCC(C)CCC1CCCC(OCCN(Cc2ccc(C)cc2)C(=O)NC2CCCCC2)C1.Cc1ccc(CN)cc1.O=C=Nc1ccccc1.[B].[H-].[Na+]. The predicted octanol–water partition coefficient (Wildman–Crippen LogP) is 10.7. The van der Waals surface area contributed by atoms with Crippen molar-refractivity contribution in [1.29, 1.82) is 0 Å². The standard InChI is InChI=1S/C29H48N2O2.C14H26O2.C8H11N.C7H5NO.B.Na.H/c1-4-23(2)13-16-25-9-8-12-28(21-25)33-20-19-31(22-26-17-14-24(3)15-18-26)29(32)30-27-10-6-5-7-11-27;1-3-12(2)7-8-13-5-4-6-14(11-13)16-10-9-15;1-7-2-4-8(6-9)5-3-7;9-6-8-7-4-2-1-3-5-7;;;/h14-15,17-18,23,25,27-28H,4-13,16,19-22H2,1-3H3,(H,30,32);9,12-14H,3-8,10-11H2,1-2H3;2-5H,6,9H2,1H3;1-5H;;;/q;;;;;+1;-1. The Morgan fingerprint density at radius 3 is 1.78 bits per heavy atom. The van der Waals surface area contributed by atoms with Crippen LogP contribution in [0.4, 0.5) is 10.5 Å². The number of carbonyl (C=O) groups is 2. The number of nitrogens with one attached hydrogen (secondary N) is 1. The normalized spacial score (nSPS) is 19.5. The van der Waals surface area contributed by atoms with E-state index in [1.54, 1.807) is 12.1 Å². The van der Waals surface area contributed by atoms with Crippen LogP contribution >= 0.6 is 0 Å². The van der Waals surface area contributed by atoms with Crippen molar-refractivity contribution >= 4 is 32.5 Å². The predicted molar refractivity (Wildman–Crippen MR) is 284 cm³/mol. The van der Waals surface area contributed by atoms with Gasteiger partial charge in [0.1, 0.15) is 12.9 Å². The Bertz CT molecular complexity index is 1780. The first-order chi connectivity index (χ1) is 32.5. The van der Waals surface area contributed by atoms with E-state index in [0.717, 1.165) is 49.2 Å². The van der Waals surface area contributed by atoms with E-state index in [4.69, 9.17) is 15.2 Å². The van der Waals surface area contributed by atoms with Gasteiger partial charge in [-0.2, -0.15) is 4.99 Å². The van der Waals surface area contributed by atoms with Crippen LogP contribution in [0.25, 0.3) is 0 Å². The zero-order valence-electron chi connectivity index (χ0n) is 45.2. The molecule has 0 bridgehead atoms. The fourth-order valence-corrected chi connectivity index (χ4v) is 9.22. The molecule has 11 heteroatoms. The van der Waals surface area contributed by atoms with Crippen LogP contribution in [0.1, 0.15) is 173 Å². The van der Waals surface area contributed by atoms with E-state index >= 15 is 0 Å². The van der Waals surface area contributed by atoms with Crippen molar-refractivity contribution in [3.8, 4) is 0 Å². The van der Waals surface area contributed by atoms with Crippen LogP contribution in [0.3, 0.4) is 0 Å². The number of carbonyl (C=O) groups excluding carboxylic acids is 3. The molecule has 3 aromatic carbocycles. The van der Waals surface area contributed by atoms with Crippen LogP contribution in [0, 0.1) is 37.5 Å². The molecule has 0 saturated heterocycles. The van der Waals surface area contributed by atoms with E-state index in [9.17, 15) is 14.4 Å². The van der Waals surface area contributed by atoms with Gasteiger partial charge in [-0.3, -0.25) is 0 Å². The Labute approximate surface area is 445 Å². The van der Waals surface area contributed by atoms with Gasteiger partial charge in [0.25, 0.3) is 0 Å². The minimum atomic E-state index is 0. The summed E-state index contributed by atoms with van der Waals surface area (Å²) in [6.07, 6.45) is 26.9. The maximum Gasteiger partial charge on any atom is 1.00 e. The van der Waals surface area contributed by atoms with Gasteiger partial charge in [-0.25, -0.2) is 9.59 Å². The quantitative estimate of drug-likeness (QED) is 0.0503. The number of amides is 2. The fraction of sp³-hybridized carbons (Fsp3) is 0.638. The number of para-hydroxylation sites is 1. The number of aldehydes is 1. The Balaban J connectivity index is 0.00000106. The van der Waals surface area contributed by atoms with Gasteiger partial charge in [0.15, 0.2) is 0 Å². The summed E-state index contributed by atoms with van der Waals surface area (Å²) in [7, 11) is 0. The minimum Gasteiger partial charge on any atom is -1.00 e. The first-order valence-corrected chi connectivity index (χ1v) is 26.2. The van der Waals surface area contributed by atoms with Gasteiger partial charge in [0, 0.05) is 34.1 Å². The summed E-state index contributed by atoms with van der Waals surface area (Å²) in [5, 5.41) is 3.31. The summed E-state index contributed by atoms with van der Waals surface area (Å²) in [5.74, 6) is 3.34. The third kappa shape index (κ3) is 29.1. The molecule has 6 unspecified atom stereocenters. The van der Waals surface area contributed by atoms with Crippen molar-refractivity contribution in [2.24, 2.45) is 34.4 Å². The van der Waals surface area contributed by atoms with Gasteiger partial charge >= 0.3 is 35.6 Å². The molecule has 69 heavy (non-hydrogen) atoms. The molecule has 377 valence electrons. The molecule has 6 rings (SSSR count). The summed E-state index contributed by atoms with van der Waals surface area (Å²) in [5.41, 5.74) is 11.0. The Kier molecular flexibility index (Phi) is 36.6. The van der Waals surface area contributed by atoms with Gasteiger partial charge < -0.3 is 31.6 Å². The molecule has 3 radical (unpaired) electrons. The first-order valence-electron chi connectivity index (χ1n) is 26.2. The molecular weight excluding hydrogens is 866 g/mol. The Hall–Kier alpha value is -3.08. The smallest absolute Gasteiger partial charge is 1.00 e. The zero-order valence-corrected chi connectivity index (χ0v) is 46.2. The molecule has 6 atom stereocenters. The average molecular weight is 958 g/mol. The van der Waals surface area contributed by atoms with Gasteiger partial charge in [-0.05, 0) is 99.3 Å². The summed E-state index contributed by atoms with van der Waals surface area (Å²) in [6.45, 7) is 16.3. The van der Waals surface area contributed by atoms with Crippen LogP contribution in [0.5, 0.6) is 0 Å². The van der Waals surface area contributed by atoms with Crippen molar-refractivity contribution in [3.05, 3.63) is 101 Å². The van der Waals surface area contributed by atoms with Crippen LogP contribution in [-0.4, -0.2) is 69.7 Å². The number of hydrogen-bond acceptors (Lipinski definition) is 7. The number of isocyanates is 1. The summed E-state index contributed by atoms with van der Waals surface area (Å²) < 4.78 is 11.9. The largest absolute Gasteiger partial charge is 1.00 e. The van der Waals surface area contributed by atoms with Crippen molar-refractivity contribution in [1.82, 2.24) is 10.2 Å². The molecule has 9 nitrogen and oxygen atoms in total. The van der Waals surface area contributed by atoms with Gasteiger partial charge in [0.2, 0.25) is 6.08 Å². The molecule has 3 aliphatic carbocycles. The molecule has 0 spiro atoms. The van der Waals surface area contributed by atoms with E-state index in [-0.39, 0.29) is 52.0 Å². The number of ether oxygens (including phenoxy) is 2. The molecule has 3 N–H and O–H groups in total. The molecule has 3 aliphatic rings. The van der Waals surface area contributed by atoms with Crippen molar-refractivity contribution in [2.75, 3.05) is 19.8 Å². The summed E-state index contributed by atoms with van der Waals surface area (Å²) in [4.78, 5) is 38.5. The number of aliphatic imine (C=N–C) groups is 1. The first kappa shape index (κ1) is 63.9. The zero-order chi connectivity index (χ0) is 48.5. The van der Waals surface area contributed by atoms with Crippen LogP contribution in [0.2, 0.25) is 0 Å². The Morgan fingerprint density at radius 2 is 1.29 bits per heavy atom. The number of hydrogen-bond donors (Lipinski definition) is 2. The van der Waals surface area contributed by atoms with Crippen LogP contribution in [0.15, 0.2) is 83.9 Å². The van der Waals surface area contributed by atoms with Gasteiger partial charge in [-0.1, -0.05) is 189 Å². The van der Waals surface area contributed by atoms with Crippen LogP contribution in [-0.2, 0) is 32.2 Å². The molecule has 0 heterocycles. The molecule has 0 aromatic heterocycles. The average Bonchev–Trinajstić information content (AvgIpc) is 3.36. The second kappa shape index (κ2) is 39.5. The van der Waals surface area contributed by atoms with Crippen molar-refractivity contribution in [3.63, 3.8) is 0 Å². The summed E-state index contributed by atoms with van der Waals surface area (Å²) >= 11 is 0. The van der Waals surface area contributed by atoms with Crippen molar-refractivity contribution in [2.45, 2.75) is 195 Å². The van der Waals surface area contributed by atoms with E-state index in [1.807, 2.05) is 23.1 Å². The second-order valence-corrected chi connectivity index (χ2v) is 19.8.